The highest BCUT2D eigenvalue weighted by Gasteiger charge is 2.23. The van der Waals surface area contributed by atoms with Crippen LogP contribution in [0.5, 0.6) is 0 Å². The molecule has 0 unspecified atom stereocenters. The van der Waals surface area contributed by atoms with E-state index in [4.69, 9.17) is 5.10 Å². The first-order valence-electron chi connectivity index (χ1n) is 20.5. The molecule has 0 saturated carbocycles. The smallest absolute Gasteiger partial charge is 0.101 e. The van der Waals surface area contributed by atoms with Crippen molar-refractivity contribution < 1.29 is 0 Å². The second kappa shape index (κ2) is 15.1. The third-order valence-corrected chi connectivity index (χ3v) is 11.6. The molecule has 282 valence electrons. The molecule has 0 aliphatic heterocycles. The molecule has 0 aliphatic carbocycles. The molecule has 0 bridgehead atoms. The Morgan fingerprint density at radius 3 is 1.43 bits per heavy atom. The quantitative estimate of drug-likeness (QED) is 0.151. The number of aromatic nitrogens is 3. The predicted octanol–water partition coefficient (Wildman–Crippen LogP) is 15.0. The summed E-state index contributed by atoms with van der Waals surface area (Å²) in [7, 11) is 0. The lowest BCUT2D eigenvalue weighted by Gasteiger charge is -2.16. The van der Waals surface area contributed by atoms with Gasteiger partial charge in [-0.3, -0.25) is 0 Å². The Morgan fingerprint density at radius 2 is 0.783 bits per heavy atom. The van der Waals surface area contributed by atoms with Crippen molar-refractivity contribution in [3.8, 4) is 78.4 Å². The van der Waals surface area contributed by atoms with Crippen LogP contribution in [0.2, 0.25) is 0 Å². The predicted molar refractivity (Wildman–Crippen MR) is 251 cm³/mol. The highest BCUT2D eigenvalue weighted by Crippen LogP contribution is 2.43. The third-order valence-electron chi connectivity index (χ3n) is 11.6. The first-order valence-corrected chi connectivity index (χ1v) is 20.5. The fourth-order valence-corrected chi connectivity index (χ4v) is 8.86. The molecule has 0 atom stereocenters. The van der Waals surface area contributed by atoms with Crippen LogP contribution in [0.15, 0.2) is 237 Å². The van der Waals surface area contributed by atoms with Crippen molar-refractivity contribution in [2.75, 3.05) is 0 Å². The van der Waals surface area contributed by atoms with Crippen LogP contribution in [0.25, 0.3) is 100 Å². The van der Waals surface area contributed by atoms with E-state index in [2.05, 4.69) is 246 Å². The van der Waals surface area contributed by atoms with Gasteiger partial charge in [-0.05, 0) is 81.4 Å². The van der Waals surface area contributed by atoms with Crippen LogP contribution in [0.3, 0.4) is 0 Å². The van der Waals surface area contributed by atoms with Gasteiger partial charge in [0.1, 0.15) is 5.69 Å². The first-order chi connectivity index (χ1) is 29.8. The van der Waals surface area contributed by atoms with Crippen LogP contribution in [0, 0.1) is 0 Å². The van der Waals surface area contributed by atoms with E-state index in [9.17, 15) is 0 Å². The van der Waals surface area contributed by atoms with Crippen molar-refractivity contribution in [1.29, 1.82) is 0 Å². The minimum Gasteiger partial charge on any atom is -0.309 e. The lowest BCUT2D eigenvalue weighted by Crippen LogP contribution is -2.00. The standard InChI is InChI=1S/C57H39N3/c1-5-19-41(20-6-1)55-56(42-21-7-2-8-22-42)58-60(57(55)43-23-9-3-10-24-43)46-36-33-40(34-37-46)47-27-13-15-29-49(47)50-30-16-14-28-48(50)44-35-38-54-52(39-44)51-31-17-18-32-53(51)59(54)45-25-11-4-12-26-45/h1-39H. The van der Waals surface area contributed by atoms with Gasteiger partial charge in [-0.2, -0.15) is 5.10 Å². The number of rotatable bonds is 8. The third kappa shape index (κ3) is 6.12. The summed E-state index contributed by atoms with van der Waals surface area (Å²) in [5.74, 6) is 0. The number of para-hydroxylation sites is 2. The zero-order valence-electron chi connectivity index (χ0n) is 32.9. The van der Waals surface area contributed by atoms with Crippen molar-refractivity contribution in [3.63, 3.8) is 0 Å². The summed E-state index contributed by atoms with van der Waals surface area (Å²) < 4.78 is 4.49. The molecule has 0 saturated heterocycles. The van der Waals surface area contributed by atoms with Crippen molar-refractivity contribution in [3.05, 3.63) is 237 Å². The van der Waals surface area contributed by atoms with Crippen molar-refractivity contribution in [2.24, 2.45) is 0 Å². The maximum absolute atomic E-state index is 5.39. The van der Waals surface area contributed by atoms with Crippen LogP contribution in [0.4, 0.5) is 0 Å². The molecule has 11 aromatic rings. The van der Waals surface area contributed by atoms with Crippen LogP contribution in [0.1, 0.15) is 0 Å². The zero-order valence-corrected chi connectivity index (χ0v) is 32.9. The summed E-state index contributed by atoms with van der Waals surface area (Å²) in [5.41, 5.74) is 18.1. The fourth-order valence-electron chi connectivity index (χ4n) is 8.86. The maximum atomic E-state index is 5.39. The molecule has 60 heavy (non-hydrogen) atoms. The minimum atomic E-state index is 0.953. The van der Waals surface area contributed by atoms with Crippen LogP contribution in [-0.2, 0) is 0 Å². The Morgan fingerprint density at radius 1 is 0.300 bits per heavy atom. The molecule has 0 fully saturated rings. The molecule has 3 heteroatoms. The maximum Gasteiger partial charge on any atom is 0.101 e. The van der Waals surface area contributed by atoms with Gasteiger partial charge >= 0.3 is 0 Å². The number of fused-ring (bicyclic) bond motifs is 3. The Balaban J connectivity index is 1.02. The number of nitrogens with zero attached hydrogens (tertiary/aromatic N) is 3. The van der Waals surface area contributed by atoms with E-state index < -0.39 is 0 Å². The normalized spacial score (nSPS) is 11.3. The molecule has 2 heterocycles. The van der Waals surface area contributed by atoms with Crippen molar-refractivity contribution in [2.45, 2.75) is 0 Å². The van der Waals surface area contributed by atoms with Gasteiger partial charge in [-0.1, -0.05) is 194 Å². The van der Waals surface area contributed by atoms with Gasteiger partial charge < -0.3 is 4.57 Å². The summed E-state index contributed by atoms with van der Waals surface area (Å²) in [6.45, 7) is 0. The Kier molecular flexibility index (Phi) is 8.83. The van der Waals surface area contributed by atoms with Crippen LogP contribution < -0.4 is 0 Å². The van der Waals surface area contributed by atoms with Gasteiger partial charge in [0.05, 0.1) is 22.4 Å². The van der Waals surface area contributed by atoms with Crippen molar-refractivity contribution in [1.82, 2.24) is 14.3 Å². The number of benzene rings is 9. The average Bonchev–Trinajstić information content (AvgIpc) is 3.90. The van der Waals surface area contributed by atoms with E-state index in [0.717, 1.165) is 50.6 Å². The molecular weight excluding hydrogens is 727 g/mol. The van der Waals surface area contributed by atoms with E-state index in [-0.39, 0.29) is 0 Å². The lowest BCUT2D eigenvalue weighted by atomic mass is 9.89. The molecule has 0 radical (unpaired) electrons. The Bertz CT molecular complexity index is 3270. The van der Waals surface area contributed by atoms with Gasteiger partial charge in [0.2, 0.25) is 0 Å². The SMILES string of the molecule is c1ccc(-c2nn(-c3ccc(-c4ccccc4-c4ccccc4-c4ccc5c(c4)c4ccccc4n5-c4ccccc4)cc3)c(-c3ccccc3)c2-c2ccccc2)cc1. The second-order valence-electron chi connectivity index (χ2n) is 15.1. The molecular formula is C57H39N3. The minimum absolute atomic E-state index is 0.953. The first kappa shape index (κ1) is 35.2. The Labute approximate surface area is 349 Å². The highest BCUT2D eigenvalue weighted by molar-refractivity contribution is 6.11. The zero-order chi connectivity index (χ0) is 39.8. The topological polar surface area (TPSA) is 22.8 Å². The van der Waals surface area contributed by atoms with E-state index in [1.54, 1.807) is 0 Å². The van der Waals surface area contributed by atoms with Gasteiger partial charge in [0.15, 0.2) is 0 Å². The molecule has 0 spiro atoms. The summed E-state index contributed by atoms with van der Waals surface area (Å²) >= 11 is 0. The largest absolute Gasteiger partial charge is 0.309 e. The Hall–Kier alpha value is -8.01. The summed E-state index contributed by atoms with van der Waals surface area (Å²) in [5, 5.41) is 7.88. The molecule has 0 N–H and O–H groups in total. The molecule has 3 nitrogen and oxygen atoms in total. The average molecular weight is 766 g/mol. The van der Waals surface area contributed by atoms with E-state index in [0.29, 0.717) is 0 Å². The van der Waals surface area contributed by atoms with Gasteiger partial charge in [0, 0.05) is 33.2 Å². The lowest BCUT2D eigenvalue weighted by molar-refractivity contribution is 0.892. The monoisotopic (exact) mass is 765 g/mol. The molecule has 0 amide bonds. The van der Waals surface area contributed by atoms with Gasteiger partial charge in [-0.15, -0.1) is 0 Å². The van der Waals surface area contributed by atoms with E-state index >= 15 is 0 Å². The highest BCUT2D eigenvalue weighted by atomic mass is 15.3. The molecule has 2 aromatic heterocycles. The summed E-state index contributed by atoms with van der Waals surface area (Å²) in [4.78, 5) is 0. The van der Waals surface area contributed by atoms with Gasteiger partial charge in [0.25, 0.3) is 0 Å². The second-order valence-corrected chi connectivity index (χ2v) is 15.1. The number of hydrogen-bond acceptors (Lipinski definition) is 1. The molecule has 9 aromatic carbocycles. The molecule has 11 rings (SSSR count). The van der Waals surface area contributed by atoms with Crippen molar-refractivity contribution >= 4 is 21.8 Å². The number of hydrogen-bond donors (Lipinski definition) is 0. The van der Waals surface area contributed by atoms with Crippen LogP contribution >= 0.6 is 0 Å². The summed E-state index contributed by atoms with van der Waals surface area (Å²) in [6, 6.07) is 84.5. The molecule has 0 aliphatic rings. The summed E-state index contributed by atoms with van der Waals surface area (Å²) in [6.07, 6.45) is 0. The van der Waals surface area contributed by atoms with E-state index in [1.807, 2.05) is 0 Å². The fraction of sp³-hybridized carbons (Fsp3) is 0. The van der Waals surface area contributed by atoms with E-state index in [1.165, 1.54) is 49.6 Å². The van der Waals surface area contributed by atoms with Gasteiger partial charge in [-0.25, -0.2) is 4.68 Å². The van der Waals surface area contributed by atoms with Crippen LogP contribution in [-0.4, -0.2) is 14.3 Å².